The topological polar surface area (TPSA) is 63.7 Å². The molecule has 2 unspecified atom stereocenters. The minimum Gasteiger partial charge on any atom is -0.352 e. The highest BCUT2D eigenvalue weighted by molar-refractivity contribution is 5.46. The van der Waals surface area contributed by atoms with Crippen LogP contribution in [0.3, 0.4) is 0 Å². The number of pyridine rings is 1. The Morgan fingerprint density at radius 1 is 1.14 bits per heavy atom. The van der Waals surface area contributed by atoms with E-state index in [9.17, 15) is 5.26 Å². The lowest BCUT2D eigenvalue weighted by Crippen LogP contribution is -2.34. The van der Waals surface area contributed by atoms with Crippen molar-refractivity contribution in [2.24, 2.45) is 0 Å². The normalized spacial score (nSPS) is 18.5. The van der Waals surface area contributed by atoms with Crippen molar-refractivity contribution in [2.45, 2.75) is 24.8 Å². The van der Waals surface area contributed by atoms with Crippen LogP contribution in [-0.4, -0.2) is 17.6 Å². The van der Waals surface area contributed by atoms with Crippen LogP contribution in [0.2, 0.25) is 0 Å². The van der Waals surface area contributed by atoms with E-state index in [0.717, 1.165) is 30.8 Å². The lowest BCUT2D eigenvalue weighted by atomic mass is 9.91. The Balaban J connectivity index is 1.89. The minimum absolute atomic E-state index is 0.132. The third-order valence-corrected chi connectivity index (χ3v) is 4.15. The van der Waals surface area contributed by atoms with Gasteiger partial charge in [-0.25, -0.2) is 4.98 Å². The van der Waals surface area contributed by atoms with Crippen LogP contribution in [0.15, 0.2) is 48.7 Å². The van der Waals surface area contributed by atoms with E-state index < -0.39 is 0 Å². The van der Waals surface area contributed by atoms with Crippen LogP contribution < -0.4 is 4.90 Å². The number of benzene rings is 1. The third kappa shape index (κ3) is 2.64. The number of nitrogens with zero attached hydrogens (tertiary/aromatic N) is 4. The van der Waals surface area contributed by atoms with Crippen LogP contribution in [0.4, 0.5) is 5.82 Å². The molecular weight excluding hydrogens is 272 g/mol. The lowest BCUT2D eigenvalue weighted by molar-refractivity contribution is 0.607. The molecular formula is C18H16N4. The first-order chi connectivity index (χ1) is 10.8. The van der Waals surface area contributed by atoms with Gasteiger partial charge in [-0.1, -0.05) is 30.3 Å². The third-order valence-electron chi connectivity index (χ3n) is 4.15. The molecule has 4 heteroatoms. The molecule has 0 bridgehead atoms. The van der Waals surface area contributed by atoms with Crippen LogP contribution in [0, 0.1) is 22.7 Å². The summed E-state index contributed by atoms with van der Waals surface area (Å²) < 4.78 is 0. The molecule has 1 aromatic carbocycles. The minimum atomic E-state index is -0.166. The van der Waals surface area contributed by atoms with Crippen molar-refractivity contribution in [3.63, 3.8) is 0 Å². The predicted molar refractivity (Wildman–Crippen MR) is 84.1 cm³/mol. The van der Waals surface area contributed by atoms with Crippen molar-refractivity contribution in [1.29, 1.82) is 10.5 Å². The summed E-state index contributed by atoms with van der Waals surface area (Å²) in [5.41, 5.74) is 1.61. The zero-order valence-corrected chi connectivity index (χ0v) is 12.2. The quantitative estimate of drug-likeness (QED) is 0.869. The first-order valence-corrected chi connectivity index (χ1v) is 7.41. The molecule has 2 aromatic rings. The number of nitriles is 2. The number of rotatable bonds is 3. The van der Waals surface area contributed by atoms with Crippen LogP contribution in [0.1, 0.15) is 29.9 Å². The van der Waals surface area contributed by atoms with Gasteiger partial charge in [0.25, 0.3) is 0 Å². The fourth-order valence-electron chi connectivity index (χ4n) is 3.09. The summed E-state index contributed by atoms with van der Waals surface area (Å²) in [4.78, 5) is 6.58. The second kappa shape index (κ2) is 6.28. The summed E-state index contributed by atoms with van der Waals surface area (Å²) in [5.74, 6) is 0.679. The number of hydrogen-bond donors (Lipinski definition) is 0. The van der Waals surface area contributed by atoms with Gasteiger partial charge in [0.2, 0.25) is 0 Å². The van der Waals surface area contributed by atoms with E-state index in [1.54, 1.807) is 12.3 Å². The largest absolute Gasteiger partial charge is 0.352 e. The van der Waals surface area contributed by atoms with Gasteiger partial charge in [0.05, 0.1) is 23.6 Å². The molecule has 1 fully saturated rings. The molecule has 108 valence electrons. The maximum atomic E-state index is 9.65. The Kier molecular flexibility index (Phi) is 4.03. The SMILES string of the molecule is N#Cc1ccc(N2CCCC2C(C#N)c2ccccc2)nc1. The molecule has 0 N–H and O–H groups in total. The van der Waals surface area contributed by atoms with Crippen LogP contribution in [0.25, 0.3) is 0 Å². The second-order valence-corrected chi connectivity index (χ2v) is 5.44. The Morgan fingerprint density at radius 2 is 1.95 bits per heavy atom. The van der Waals surface area contributed by atoms with Crippen molar-refractivity contribution in [3.05, 3.63) is 59.8 Å². The van der Waals surface area contributed by atoms with E-state index in [1.807, 2.05) is 36.4 Å². The standard InChI is InChI=1S/C18H16N4/c19-11-14-8-9-18(21-13-14)22-10-4-7-17(22)16(12-20)15-5-2-1-3-6-15/h1-3,5-6,8-9,13,16-17H,4,7,10H2. The summed E-state index contributed by atoms with van der Waals surface area (Å²) >= 11 is 0. The van der Waals surface area contributed by atoms with Crippen LogP contribution in [0.5, 0.6) is 0 Å². The molecule has 0 aliphatic carbocycles. The van der Waals surface area contributed by atoms with Gasteiger partial charge >= 0.3 is 0 Å². The van der Waals surface area contributed by atoms with Crippen molar-refractivity contribution in [3.8, 4) is 12.1 Å². The van der Waals surface area contributed by atoms with Crippen molar-refractivity contribution in [2.75, 3.05) is 11.4 Å². The van der Waals surface area contributed by atoms with E-state index in [-0.39, 0.29) is 12.0 Å². The zero-order valence-electron chi connectivity index (χ0n) is 12.2. The Morgan fingerprint density at radius 3 is 2.59 bits per heavy atom. The van der Waals surface area contributed by atoms with Gasteiger partial charge in [-0.15, -0.1) is 0 Å². The fraction of sp³-hybridized carbons (Fsp3) is 0.278. The molecule has 2 atom stereocenters. The first-order valence-electron chi connectivity index (χ1n) is 7.41. The maximum absolute atomic E-state index is 9.65. The van der Waals surface area contributed by atoms with Crippen LogP contribution >= 0.6 is 0 Å². The van der Waals surface area contributed by atoms with Gasteiger partial charge < -0.3 is 4.90 Å². The molecule has 1 aromatic heterocycles. The van der Waals surface area contributed by atoms with Gasteiger partial charge in [-0.2, -0.15) is 10.5 Å². The summed E-state index contributed by atoms with van der Waals surface area (Å²) in [7, 11) is 0. The number of aromatic nitrogens is 1. The Hall–Kier alpha value is -2.85. The molecule has 3 rings (SSSR count). The average Bonchev–Trinajstić information content (AvgIpc) is 3.06. The number of anilines is 1. The molecule has 0 radical (unpaired) electrons. The average molecular weight is 288 g/mol. The van der Waals surface area contributed by atoms with Crippen molar-refractivity contribution < 1.29 is 0 Å². The van der Waals surface area contributed by atoms with E-state index in [2.05, 4.69) is 22.0 Å². The van der Waals surface area contributed by atoms with Gasteiger partial charge in [-0.05, 0) is 30.5 Å². The second-order valence-electron chi connectivity index (χ2n) is 5.44. The molecule has 1 aliphatic rings. The molecule has 2 heterocycles. The van der Waals surface area contributed by atoms with Gasteiger partial charge in [0, 0.05) is 12.7 Å². The van der Waals surface area contributed by atoms with E-state index in [0.29, 0.717) is 5.56 Å². The van der Waals surface area contributed by atoms with Gasteiger partial charge in [0.15, 0.2) is 0 Å². The molecule has 1 saturated heterocycles. The Labute approximate surface area is 130 Å². The molecule has 0 spiro atoms. The van der Waals surface area contributed by atoms with Crippen molar-refractivity contribution in [1.82, 2.24) is 4.98 Å². The highest BCUT2D eigenvalue weighted by atomic mass is 15.2. The highest BCUT2D eigenvalue weighted by Gasteiger charge is 2.33. The lowest BCUT2D eigenvalue weighted by Gasteiger charge is -2.29. The highest BCUT2D eigenvalue weighted by Crippen LogP contribution is 2.33. The fourth-order valence-corrected chi connectivity index (χ4v) is 3.09. The van der Waals surface area contributed by atoms with Crippen LogP contribution in [-0.2, 0) is 0 Å². The summed E-state index contributed by atoms with van der Waals surface area (Å²) in [6.45, 7) is 0.897. The molecule has 0 saturated carbocycles. The molecule has 0 amide bonds. The molecule has 22 heavy (non-hydrogen) atoms. The monoisotopic (exact) mass is 288 g/mol. The van der Waals surface area contributed by atoms with E-state index >= 15 is 0 Å². The molecule has 1 aliphatic heterocycles. The van der Waals surface area contributed by atoms with E-state index in [4.69, 9.17) is 5.26 Å². The number of hydrogen-bond acceptors (Lipinski definition) is 4. The predicted octanol–water partition coefficient (Wildman–Crippen LogP) is 3.23. The summed E-state index contributed by atoms with van der Waals surface area (Å²) in [6, 6.07) is 18.3. The first kappa shape index (κ1) is 14.1. The molecule has 4 nitrogen and oxygen atoms in total. The van der Waals surface area contributed by atoms with Gasteiger partial charge in [0.1, 0.15) is 11.9 Å². The van der Waals surface area contributed by atoms with Gasteiger partial charge in [-0.3, -0.25) is 0 Å². The van der Waals surface area contributed by atoms with Crippen molar-refractivity contribution >= 4 is 5.82 Å². The zero-order chi connectivity index (χ0) is 15.4. The maximum Gasteiger partial charge on any atom is 0.128 e. The van der Waals surface area contributed by atoms with E-state index in [1.165, 1.54) is 0 Å². The Bertz CT molecular complexity index is 709. The summed E-state index contributed by atoms with van der Waals surface area (Å²) in [5, 5.41) is 18.5. The smallest absolute Gasteiger partial charge is 0.128 e. The summed E-state index contributed by atoms with van der Waals surface area (Å²) in [6.07, 6.45) is 3.63.